The predicted octanol–water partition coefficient (Wildman–Crippen LogP) is 2.09. The fourth-order valence-corrected chi connectivity index (χ4v) is 2.99. The van der Waals surface area contributed by atoms with Crippen LogP contribution in [0.25, 0.3) is 0 Å². The summed E-state index contributed by atoms with van der Waals surface area (Å²) < 4.78 is 0. The minimum Gasteiger partial charge on any atom is -0.478 e. The Labute approximate surface area is 96.0 Å². The maximum absolute atomic E-state index is 10.8. The molecule has 1 fully saturated rings. The Hall–Kier alpha value is -1.09. The summed E-state index contributed by atoms with van der Waals surface area (Å²) in [6, 6.07) is -0.0650. The van der Waals surface area contributed by atoms with Crippen LogP contribution in [-0.2, 0) is 4.79 Å². The summed E-state index contributed by atoms with van der Waals surface area (Å²) >= 11 is 0. The van der Waals surface area contributed by atoms with Gasteiger partial charge in [-0.05, 0) is 37.2 Å². The number of nitrogens with two attached hydrogens (primary N) is 1. The molecule has 16 heavy (non-hydrogen) atoms. The first kappa shape index (κ1) is 11.4. The van der Waals surface area contributed by atoms with E-state index >= 15 is 0 Å². The molecule has 0 saturated heterocycles. The molecule has 0 aromatic carbocycles. The lowest BCUT2D eigenvalue weighted by Gasteiger charge is -2.32. The van der Waals surface area contributed by atoms with E-state index in [4.69, 9.17) is 10.8 Å². The molecule has 2 rings (SSSR count). The lowest BCUT2D eigenvalue weighted by Crippen LogP contribution is -2.34. The van der Waals surface area contributed by atoms with Crippen molar-refractivity contribution in [3.05, 3.63) is 23.3 Å². The van der Waals surface area contributed by atoms with Gasteiger partial charge in [-0.3, -0.25) is 0 Å². The van der Waals surface area contributed by atoms with Gasteiger partial charge in [-0.1, -0.05) is 18.6 Å². The van der Waals surface area contributed by atoms with E-state index in [1.54, 1.807) is 0 Å². The molecule has 2 aliphatic carbocycles. The highest BCUT2D eigenvalue weighted by atomic mass is 16.4. The molecule has 0 amide bonds. The number of hydrogen-bond acceptors (Lipinski definition) is 2. The van der Waals surface area contributed by atoms with Crippen LogP contribution in [0.2, 0.25) is 0 Å². The summed E-state index contributed by atoms with van der Waals surface area (Å²) in [5.41, 5.74) is 8.39. The van der Waals surface area contributed by atoms with Crippen LogP contribution in [0.3, 0.4) is 0 Å². The quantitative estimate of drug-likeness (QED) is 0.554. The van der Waals surface area contributed by atoms with E-state index in [0.717, 1.165) is 31.3 Å². The highest BCUT2D eigenvalue weighted by Crippen LogP contribution is 2.44. The van der Waals surface area contributed by atoms with Gasteiger partial charge in [0.15, 0.2) is 0 Å². The van der Waals surface area contributed by atoms with Crippen molar-refractivity contribution < 1.29 is 9.90 Å². The fraction of sp³-hybridized carbons (Fsp3) is 0.615. The average Bonchev–Trinajstić information content (AvgIpc) is 2.65. The molecule has 3 nitrogen and oxygen atoms in total. The molecule has 3 atom stereocenters. The zero-order chi connectivity index (χ0) is 11.7. The summed E-state index contributed by atoms with van der Waals surface area (Å²) in [6.07, 6.45) is 7.83. The predicted molar refractivity (Wildman–Crippen MR) is 62.9 cm³/mol. The van der Waals surface area contributed by atoms with Crippen molar-refractivity contribution in [3.8, 4) is 0 Å². The Kier molecular flexibility index (Phi) is 3.15. The lowest BCUT2D eigenvalue weighted by atomic mass is 9.75. The first-order valence-electron chi connectivity index (χ1n) is 6.01. The van der Waals surface area contributed by atoms with Gasteiger partial charge in [0, 0.05) is 18.0 Å². The van der Waals surface area contributed by atoms with Gasteiger partial charge in [-0.25, -0.2) is 4.79 Å². The largest absolute Gasteiger partial charge is 0.478 e. The SMILES string of the molecule is CCC1=C[C@H]2/C(=C\C(=O)O)C(N)CC[C@H]2C1. The van der Waals surface area contributed by atoms with Crippen molar-refractivity contribution in [3.63, 3.8) is 0 Å². The summed E-state index contributed by atoms with van der Waals surface area (Å²) in [5.74, 6) is 0.0135. The average molecular weight is 221 g/mol. The van der Waals surface area contributed by atoms with Crippen molar-refractivity contribution in [2.24, 2.45) is 17.6 Å². The maximum Gasteiger partial charge on any atom is 0.328 e. The molecule has 0 aliphatic heterocycles. The maximum atomic E-state index is 10.8. The molecular formula is C13H19NO2. The number of allylic oxidation sites excluding steroid dienone is 2. The molecule has 3 heteroatoms. The highest BCUT2D eigenvalue weighted by molar-refractivity contribution is 5.81. The first-order chi connectivity index (χ1) is 7.61. The number of rotatable bonds is 2. The summed E-state index contributed by atoms with van der Waals surface area (Å²) in [6.45, 7) is 2.16. The van der Waals surface area contributed by atoms with Crippen LogP contribution >= 0.6 is 0 Å². The molecule has 0 aromatic heterocycles. The Morgan fingerprint density at radius 3 is 3.00 bits per heavy atom. The van der Waals surface area contributed by atoms with E-state index in [2.05, 4.69) is 13.0 Å². The Bertz CT molecular complexity index is 357. The second-order valence-electron chi connectivity index (χ2n) is 4.83. The van der Waals surface area contributed by atoms with E-state index in [-0.39, 0.29) is 12.0 Å². The van der Waals surface area contributed by atoms with Crippen molar-refractivity contribution in [2.75, 3.05) is 0 Å². The van der Waals surface area contributed by atoms with E-state index in [9.17, 15) is 4.79 Å². The number of carboxylic acid groups (broad SMARTS) is 1. The number of fused-ring (bicyclic) bond motifs is 1. The number of aliphatic carboxylic acids is 1. The second-order valence-corrected chi connectivity index (χ2v) is 4.83. The number of carbonyl (C=O) groups is 1. The third kappa shape index (κ3) is 2.05. The molecule has 0 heterocycles. The van der Waals surface area contributed by atoms with E-state index in [1.807, 2.05) is 0 Å². The van der Waals surface area contributed by atoms with E-state index in [0.29, 0.717) is 5.92 Å². The van der Waals surface area contributed by atoms with Crippen LogP contribution in [0, 0.1) is 11.8 Å². The van der Waals surface area contributed by atoms with Gasteiger partial charge < -0.3 is 10.8 Å². The van der Waals surface area contributed by atoms with Crippen LogP contribution in [-0.4, -0.2) is 17.1 Å². The van der Waals surface area contributed by atoms with Gasteiger partial charge in [0.05, 0.1) is 0 Å². The third-order valence-electron chi connectivity index (χ3n) is 3.85. The van der Waals surface area contributed by atoms with E-state index in [1.165, 1.54) is 11.6 Å². The van der Waals surface area contributed by atoms with Crippen molar-refractivity contribution in [1.82, 2.24) is 0 Å². The van der Waals surface area contributed by atoms with Crippen LogP contribution in [0.15, 0.2) is 23.3 Å². The van der Waals surface area contributed by atoms with Crippen molar-refractivity contribution >= 4 is 5.97 Å². The van der Waals surface area contributed by atoms with Gasteiger partial charge >= 0.3 is 5.97 Å². The second kappa shape index (κ2) is 4.42. The molecule has 0 aromatic rings. The summed E-state index contributed by atoms with van der Waals surface area (Å²) in [5, 5.41) is 8.87. The van der Waals surface area contributed by atoms with Crippen molar-refractivity contribution in [2.45, 2.75) is 38.6 Å². The molecule has 3 N–H and O–H groups in total. The van der Waals surface area contributed by atoms with Gasteiger partial charge in [-0.2, -0.15) is 0 Å². The van der Waals surface area contributed by atoms with Gasteiger partial charge in [0.2, 0.25) is 0 Å². The smallest absolute Gasteiger partial charge is 0.328 e. The highest BCUT2D eigenvalue weighted by Gasteiger charge is 2.36. The zero-order valence-corrected chi connectivity index (χ0v) is 9.65. The minimum absolute atomic E-state index is 0.0650. The Balaban J connectivity index is 2.27. The Morgan fingerprint density at radius 2 is 2.38 bits per heavy atom. The Morgan fingerprint density at radius 1 is 1.62 bits per heavy atom. The summed E-state index contributed by atoms with van der Waals surface area (Å²) in [4.78, 5) is 10.8. The van der Waals surface area contributed by atoms with Crippen LogP contribution in [0.4, 0.5) is 0 Å². The summed E-state index contributed by atoms with van der Waals surface area (Å²) in [7, 11) is 0. The van der Waals surface area contributed by atoms with Gasteiger partial charge in [0.1, 0.15) is 0 Å². The third-order valence-corrected chi connectivity index (χ3v) is 3.85. The fourth-order valence-electron chi connectivity index (χ4n) is 2.99. The van der Waals surface area contributed by atoms with Crippen LogP contribution in [0.5, 0.6) is 0 Å². The number of carboxylic acids is 1. The van der Waals surface area contributed by atoms with Crippen molar-refractivity contribution in [1.29, 1.82) is 0 Å². The van der Waals surface area contributed by atoms with Gasteiger partial charge in [0.25, 0.3) is 0 Å². The van der Waals surface area contributed by atoms with Crippen LogP contribution in [0.1, 0.15) is 32.6 Å². The first-order valence-corrected chi connectivity index (χ1v) is 6.01. The monoisotopic (exact) mass is 221 g/mol. The molecule has 0 radical (unpaired) electrons. The van der Waals surface area contributed by atoms with Gasteiger partial charge in [-0.15, -0.1) is 0 Å². The lowest BCUT2D eigenvalue weighted by molar-refractivity contribution is -0.131. The molecular weight excluding hydrogens is 202 g/mol. The normalized spacial score (nSPS) is 36.0. The molecule has 88 valence electrons. The zero-order valence-electron chi connectivity index (χ0n) is 9.65. The molecule has 1 unspecified atom stereocenters. The topological polar surface area (TPSA) is 63.3 Å². The standard InChI is InChI=1S/C13H19NO2/c1-2-8-5-9-3-4-12(14)11(7-13(15)16)10(9)6-8/h6-7,9-10,12H,2-5,14H2,1H3,(H,15,16)/b11-7+/t9-,10+,12?/m0/s1. The molecule has 1 saturated carbocycles. The van der Waals surface area contributed by atoms with E-state index < -0.39 is 5.97 Å². The number of hydrogen-bond donors (Lipinski definition) is 2. The minimum atomic E-state index is -0.871. The van der Waals surface area contributed by atoms with Crippen LogP contribution < -0.4 is 5.73 Å². The molecule has 0 spiro atoms. The molecule has 2 aliphatic rings. The molecule has 0 bridgehead atoms.